The molecule has 148 valence electrons. The van der Waals surface area contributed by atoms with Crippen molar-refractivity contribution in [3.63, 3.8) is 0 Å². The first-order valence-electron chi connectivity index (χ1n) is 9.75. The number of hydrogen-bond donors (Lipinski definition) is 1. The van der Waals surface area contributed by atoms with Gasteiger partial charge in [-0.3, -0.25) is 14.7 Å². The summed E-state index contributed by atoms with van der Waals surface area (Å²) in [4.78, 5) is 28.1. The summed E-state index contributed by atoms with van der Waals surface area (Å²) in [5.41, 5.74) is 2.33. The van der Waals surface area contributed by atoms with Gasteiger partial charge in [-0.25, -0.2) is 4.39 Å². The molecule has 6 nitrogen and oxygen atoms in total. The fourth-order valence-corrected chi connectivity index (χ4v) is 4.30. The Labute approximate surface area is 163 Å². The molecule has 0 spiro atoms. The van der Waals surface area contributed by atoms with E-state index in [4.69, 9.17) is 0 Å². The number of likely N-dealkylation sites (tertiary alicyclic amines) is 1. The Morgan fingerprint density at radius 1 is 1.14 bits per heavy atom. The highest BCUT2D eigenvalue weighted by molar-refractivity contribution is 5.94. The Morgan fingerprint density at radius 3 is 2.54 bits per heavy atom. The summed E-state index contributed by atoms with van der Waals surface area (Å²) in [7, 11) is 0. The number of benzene rings is 1. The zero-order valence-corrected chi connectivity index (χ0v) is 16.3. The van der Waals surface area contributed by atoms with Gasteiger partial charge in [-0.05, 0) is 18.1 Å². The number of fused-ring (bicyclic) bond motifs is 1. The number of halogens is 1. The Hall–Kier alpha value is -2.70. The van der Waals surface area contributed by atoms with Crippen molar-refractivity contribution in [2.45, 2.75) is 45.3 Å². The van der Waals surface area contributed by atoms with Crippen molar-refractivity contribution in [1.29, 1.82) is 0 Å². The van der Waals surface area contributed by atoms with Crippen LogP contribution in [0.1, 0.15) is 52.6 Å². The van der Waals surface area contributed by atoms with E-state index >= 15 is 4.39 Å². The van der Waals surface area contributed by atoms with Crippen LogP contribution in [0.2, 0.25) is 0 Å². The van der Waals surface area contributed by atoms with Gasteiger partial charge < -0.3 is 9.80 Å². The highest BCUT2D eigenvalue weighted by Gasteiger charge is 2.39. The Morgan fingerprint density at radius 2 is 1.86 bits per heavy atom. The lowest BCUT2D eigenvalue weighted by Crippen LogP contribution is -2.44. The third kappa shape index (κ3) is 3.19. The van der Waals surface area contributed by atoms with Crippen molar-refractivity contribution in [1.82, 2.24) is 20.0 Å². The van der Waals surface area contributed by atoms with Crippen molar-refractivity contribution in [3.05, 3.63) is 52.3 Å². The standard InChI is InChI=1S/C21H25FN4O2/c1-14-5-3-4-6-17(14)21(22)8-11-25(12-9-21)20(28)19-16-13-26(15(2)27)10-7-18(16)23-24-19/h3-6H,7-13H2,1-2H3,(H,23,24). The number of hydrogen-bond acceptors (Lipinski definition) is 3. The van der Waals surface area contributed by atoms with E-state index in [2.05, 4.69) is 10.2 Å². The molecule has 1 aromatic heterocycles. The van der Waals surface area contributed by atoms with Crippen molar-refractivity contribution in [3.8, 4) is 0 Å². The molecule has 3 heterocycles. The average molecular weight is 384 g/mol. The minimum absolute atomic E-state index is 0.0105. The highest BCUT2D eigenvalue weighted by Crippen LogP contribution is 2.39. The molecule has 1 fully saturated rings. The van der Waals surface area contributed by atoms with Gasteiger partial charge >= 0.3 is 0 Å². The van der Waals surface area contributed by atoms with E-state index in [0.29, 0.717) is 38.3 Å². The van der Waals surface area contributed by atoms with Crippen LogP contribution in [0.15, 0.2) is 24.3 Å². The van der Waals surface area contributed by atoms with Gasteiger partial charge in [-0.2, -0.15) is 5.10 Å². The average Bonchev–Trinajstić information content (AvgIpc) is 3.11. The van der Waals surface area contributed by atoms with E-state index in [1.54, 1.807) is 9.80 Å². The molecular formula is C21H25FN4O2. The summed E-state index contributed by atoms with van der Waals surface area (Å²) in [6, 6.07) is 7.53. The molecule has 0 saturated carbocycles. The van der Waals surface area contributed by atoms with Gasteiger partial charge in [0.15, 0.2) is 5.69 Å². The number of carbonyl (C=O) groups excluding carboxylic acids is 2. The van der Waals surface area contributed by atoms with Crippen molar-refractivity contribution < 1.29 is 14.0 Å². The van der Waals surface area contributed by atoms with Crippen LogP contribution in [0.25, 0.3) is 0 Å². The molecule has 4 rings (SSSR count). The number of alkyl halides is 1. The van der Waals surface area contributed by atoms with Gasteiger partial charge in [0.2, 0.25) is 5.91 Å². The van der Waals surface area contributed by atoms with Crippen LogP contribution in [0, 0.1) is 6.92 Å². The van der Waals surface area contributed by atoms with E-state index < -0.39 is 5.67 Å². The van der Waals surface area contributed by atoms with Gasteiger partial charge in [0, 0.05) is 63.6 Å². The zero-order chi connectivity index (χ0) is 19.9. The first-order chi connectivity index (χ1) is 13.4. The number of nitrogens with zero attached hydrogens (tertiary/aromatic N) is 3. The second-order valence-electron chi connectivity index (χ2n) is 7.79. The highest BCUT2D eigenvalue weighted by atomic mass is 19.1. The van der Waals surface area contributed by atoms with Gasteiger partial charge in [0.25, 0.3) is 5.91 Å². The lowest BCUT2D eigenvalue weighted by molar-refractivity contribution is -0.129. The molecule has 0 unspecified atom stereocenters. The molecule has 2 aliphatic rings. The molecule has 0 bridgehead atoms. The minimum Gasteiger partial charge on any atom is -0.338 e. The van der Waals surface area contributed by atoms with Crippen LogP contribution in [0.4, 0.5) is 4.39 Å². The molecule has 2 aliphatic heterocycles. The number of carbonyl (C=O) groups is 2. The van der Waals surface area contributed by atoms with Gasteiger partial charge in [-0.1, -0.05) is 24.3 Å². The van der Waals surface area contributed by atoms with Gasteiger partial charge in [0.05, 0.1) is 0 Å². The second-order valence-corrected chi connectivity index (χ2v) is 7.79. The first-order valence-corrected chi connectivity index (χ1v) is 9.75. The molecule has 1 saturated heterocycles. The van der Waals surface area contributed by atoms with Gasteiger partial charge in [-0.15, -0.1) is 0 Å². The van der Waals surface area contributed by atoms with E-state index in [0.717, 1.165) is 22.4 Å². The second kappa shape index (κ2) is 7.04. The monoisotopic (exact) mass is 384 g/mol. The number of H-pyrrole nitrogens is 1. The third-order valence-electron chi connectivity index (χ3n) is 6.05. The third-order valence-corrected chi connectivity index (χ3v) is 6.05. The lowest BCUT2D eigenvalue weighted by Gasteiger charge is -2.37. The molecule has 2 aromatic rings. The van der Waals surface area contributed by atoms with Crippen LogP contribution < -0.4 is 0 Å². The van der Waals surface area contributed by atoms with Crippen LogP contribution in [0.5, 0.6) is 0 Å². The summed E-state index contributed by atoms with van der Waals surface area (Å²) < 4.78 is 15.6. The zero-order valence-electron chi connectivity index (χ0n) is 16.3. The summed E-state index contributed by atoms with van der Waals surface area (Å²) >= 11 is 0. The first kappa shape index (κ1) is 18.7. The predicted octanol–water partition coefficient (Wildman–Crippen LogP) is 2.72. The maximum atomic E-state index is 15.6. The molecule has 0 aliphatic carbocycles. The quantitative estimate of drug-likeness (QED) is 0.866. The maximum absolute atomic E-state index is 15.6. The SMILES string of the molecule is CC(=O)N1CCc2[nH]nc(C(=O)N3CCC(F)(c4ccccc4C)CC3)c2C1. The van der Waals surface area contributed by atoms with Crippen LogP contribution >= 0.6 is 0 Å². The fourth-order valence-electron chi connectivity index (χ4n) is 4.30. The molecular weight excluding hydrogens is 359 g/mol. The minimum atomic E-state index is -1.40. The van der Waals surface area contributed by atoms with E-state index in [1.165, 1.54) is 6.92 Å². The van der Waals surface area contributed by atoms with Crippen LogP contribution in [-0.2, 0) is 23.4 Å². The van der Waals surface area contributed by atoms with Crippen molar-refractivity contribution in [2.24, 2.45) is 0 Å². The van der Waals surface area contributed by atoms with Crippen LogP contribution in [-0.4, -0.2) is 51.4 Å². The molecule has 1 N–H and O–H groups in total. The Balaban J connectivity index is 1.49. The number of amides is 2. The number of aryl methyl sites for hydroxylation is 1. The largest absolute Gasteiger partial charge is 0.338 e. The Kier molecular flexibility index (Phi) is 4.69. The summed E-state index contributed by atoms with van der Waals surface area (Å²) in [6.45, 7) is 5.17. The van der Waals surface area contributed by atoms with E-state index in [9.17, 15) is 9.59 Å². The number of aromatic amines is 1. The number of aromatic nitrogens is 2. The molecule has 0 atom stereocenters. The maximum Gasteiger partial charge on any atom is 0.274 e. The Bertz CT molecular complexity index is 915. The molecule has 1 aromatic carbocycles. The molecule has 28 heavy (non-hydrogen) atoms. The number of rotatable bonds is 2. The topological polar surface area (TPSA) is 69.3 Å². The summed E-state index contributed by atoms with van der Waals surface area (Å²) in [5, 5.41) is 7.17. The molecule has 0 radical (unpaired) electrons. The smallest absolute Gasteiger partial charge is 0.274 e. The van der Waals surface area contributed by atoms with Gasteiger partial charge in [0.1, 0.15) is 5.67 Å². The molecule has 7 heteroatoms. The van der Waals surface area contributed by atoms with E-state index in [1.807, 2.05) is 31.2 Å². The number of nitrogens with one attached hydrogen (secondary N) is 1. The van der Waals surface area contributed by atoms with Crippen molar-refractivity contribution >= 4 is 11.8 Å². The molecule has 2 amide bonds. The van der Waals surface area contributed by atoms with E-state index in [-0.39, 0.29) is 24.7 Å². The van der Waals surface area contributed by atoms with Crippen molar-refractivity contribution in [2.75, 3.05) is 19.6 Å². The number of piperidine rings is 1. The fraction of sp³-hybridized carbons (Fsp3) is 0.476. The predicted molar refractivity (Wildman–Crippen MR) is 102 cm³/mol. The summed E-state index contributed by atoms with van der Waals surface area (Å²) in [5.74, 6) is -0.196. The normalized spacial score (nSPS) is 18.7. The lowest BCUT2D eigenvalue weighted by atomic mass is 9.83. The summed E-state index contributed by atoms with van der Waals surface area (Å²) in [6.07, 6.45) is 1.21. The van der Waals surface area contributed by atoms with Crippen LogP contribution in [0.3, 0.4) is 0 Å².